The fourth-order valence-corrected chi connectivity index (χ4v) is 3.83. The standard InChI is InChI=1S/C24H29FN2O2/c1-27(20-9-4-3-5-10-20)17-19-8-6-7-11-22(19)26-24(28)15-13-18-12-14-23(29-2)21(25)16-18/h6-8,11-16,20H,3-5,9-10,17H2,1-2H3,(H,26,28)/b15-13+. The molecule has 0 saturated heterocycles. The lowest BCUT2D eigenvalue weighted by Gasteiger charge is -2.31. The molecule has 1 aliphatic rings. The van der Waals surface area contributed by atoms with Crippen LogP contribution >= 0.6 is 0 Å². The predicted molar refractivity (Wildman–Crippen MR) is 115 cm³/mol. The van der Waals surface area contributed by atoms with E-state index in [0.717, 1.165) is 17.8 Å². The van der Waals surface area contributed by atoms with Crippen molar-refractivity contribution in [1.29, 1.82) is 0 Å². The average Bonchev–Trinajstić information content (AvgIpc) is 2.74. The molecule has 2 aromatic carbocycles. The topological polar surface area (TPSA) is 41.6 Å². The van der Waals surface area contributed by atoms with Crippen LogP contribution in [0.3, 0.4) is 0 Å². The number of methoxy groups -OCH3 is 1. The molecule has 0 aromatic heterocycles. The third-order valence-corrected chi connectivity index (χ3v) is 5.50. The van der Waals surface area contributed by atoms with E-state index >= 15 is 0 Å². The summed E-state index contributed by atoms with van der Waals surface area (Å²) in [6.45, 7) is 0.800. The second-order valence-electron chi connectivity index (χ2n) is 7.58. The molecule has 3 rings (SSSR count). The second kappa shape index (κ2) is 10.2. The van der Waals surface area contributed by atoms with Gasteiger partial charge in [0.25, 0.3) is 0 Å². The molecular weight excluding hydrogens is 367 g/mol. The monoisotopic (exact) mass is 396 g/mol. The van der Waals surface area contributed by atoms with Gasteiger partial charge in [-0.25, -0.2) is 4.39 Å². The molecular formula is C24H29FN2O2. The van der Waals surface area contributed by atoms with Gasteiger partial charge in [0.2, 0.25) is 5.91 Å². The summed E-state index contributed by atoms with van der Waals surface area (Å²) in [6, 6.07) is 13.1. The minimum Gasteiger partial charge on any atom is -0.494 e. The maximum atomic E-state index is 13.8. The van der Waals surface area contributed by atoms with E-state index < -0.39 is 5.82 Å². The van der Waals surface area contributed by atoms with Gasteiger partial charge in [-0.3, -0.25) is 9.69 Å². The van der Waals surface area contributed by atoms with Crippen molar-refractivity contribution in [2.45, 2.75) is 44.7 Å². The summed E-state index contributed by atoms with van der Waals surface area (Å²) < 4.78 is 18.7. The van der Waals surface area contributed by atoms with Gasteiger partial charge >= 0.3 is 0 Å². The molecule has 0 radical (unpaired) electrons. The number of ether oxygens (including phenoxy) is 1. The fourth-order valence-electron chi connectivity index (χ4n) is 3.83. The molecule has 4 nitrogen and oxygen atoms in total. The minimum atomic E-state index is -0.453. The lowest BCUT2D eigenvalue weighted by atomic mass is 9.94. The van der Waals surface area contributed by atoms with Crippen LogP contribution < -0.4 is 10.1 Å². The third-order valence-electron chi connectivity index (χ3n) is 5.50. The van der Waals surface area contributed by atoms with Crippen LogP contribution in [0.5, 0.6) is 5.75 Å². The van der Waals surface area contributed by atoms with Crippen LogP contribution in [0.25, 0.3) is 6.08 Å². The number of nitrogens with zero attached hydrogens (tertiary/aromatic N) is 1. The van der Waals surface area contributed by atoms with Gasteiger partial charge in [0.1, 0.15) is 0 Å². The van der Waals surface area contributed by atoms with Crippen LogP contribution in [0, 0.1) is 5.82 Å². The number of hydrogen-bond acceptors (Lipinski definition) is 3. The van der Waals surface area contributed by atoms with Gasteiger partial charge in [0.15, 0.2) is 11.6 Å². The summed E-state index contributed by atoms with van der Waals surface area (Å²) in [7, 11) is 3.58. The van der Waals surface area contributed by atoms with Gasteiger partial charge in [0.05, 0.1) is 7.11 Å². The molecule has 0 unspecified atom stereocenters. The highest BCUT2D eigenvalue weighted by molar-refractivity contribution is 6.02. The van der Waals surface area contributed by atoms with Crippen molar-refractivity contribution in [3.63, 3.8) is 0 Å². The molecule has 1 saturated carbocycles. The number of carbonyl (C=O) groups is 1. The number of nitrogens with one attached hydrogen (secondary N) is 1. The van der Waals surface area contributed by atoms with Crippen molar-refractivity contribution < 1.29 is 13.9 Å². The molecule has 1 N–H and O–H groups in total. The summed E-state index contributed by atoms with van der Waals surface area (Å²) in [5, 5.41) is 2.96. The Labute approximate surface area is 172 Å². The van der Waals surface area contributed by atoms with E-state index in [1.165, 1.54) is 51.4 Å². The highest BCUT2D eigenvalue weighted by atomic mass is 19.1. The zero-order valence-corrected chi connectivity index (χ0v) is 17.2. The smallest absolute Gasteiger partial charge is 0.248 e. The van der Waals surface area contributed by atoms with Crippen LogP contribution in [0.1, 0.15) is 43.2 Å². The number of carbonyl (C=O) groups excluding carboxylic acids is 1. The molecule has 154 valence electrons. The number of para-hydroxylation sites is 1. The first-order valence-corrected chi connectivity index (χ1v) is 10.2. The largest absolute Gasteiger partial charge is 0.494 e. The zero-order chi connectivity index (χ0) is 20.6. The Morgan fingerprint density at radius 2 is 1.97 bits per heavy atom. The van der Waals surface area contributed by atoms with E-state index in [2.05, 4.69) is 23.3 Å². The Morgan fingerprint density at radius 3 is 2.69 bits per heavy atom. The summed E-state index contributed by atoms with van der Waals surface area (Å²) in [4.78, 5) is 14.8. The van der Waals surface area contributed by atoms with Crippen molar-refractivity contribution in [3.05, 3.63) is 65.5 Å². The molecule has 0 heterocycles. The number of amides is 1. The molecule has 0 atom stereocenters. The summed E-state index contributed by atoms with van der Waals surface area (Å²) >= 11 is 0. The van der Waals surface area contributed by atoms with Gasteiger partial charge in [0, 0.05) is 24.4 Å². The van der Waals surface area contributed by atoms with E-state index in [0.29, 0.717) is 11.6 Å². The molecule has 1 amide bonds. The number of rotatable bonds is 7. The van der Waals surface area contributed by atoms with E-state index in [4.69, 9.17) is 4.74 Å². The van der Waals surface area contributed by atoms with Gasteiger partial charge in [-0.1, -0.05) is 43.5 Å². The molecule has 0 bridgehead atoms. The van der Waals surface area contributed by atoms with Crippen molar-refractivity contribution in [3.8, 4) is 5.75 Å². The maximum Gasteiger partial charge on any atom is 0.248 e. The zero-order valence-electron chi connectivity index (χ0n) is 17.2. The normalized spacial score (nSPS) is 15.0. The number of hydrogen-bond donors (Lipinski definition) is 1. The van der Waals surface area contributed by atoms with Gasteiger partial charge in [-0.05, 0) is 55.3 Å². The van der Waals surface area contributed by atoms with Gasteiger partial charge in [-0.2, -0.15) is 0 Å². The highest BCUT2D eigenvalue weighted by Gasteiger charge is 2.19. The number of anilines is 1. The van der Waals surface area contributed by atoms with Crippen molar-refractivity contribution in [2.75, 3.05) is 19.5 Å². The third kappa shape index (κ3) is 5.91. The molecule has 29 heavy (non-hydrogen) atoms. The van der Waals surface area contributed by atoms with E-state index in [1.54, 1.807) is 18.2 Å². The summed E-state index contributed by atoms with van der Waals surface area (Å²) in [6.07, 6.45) is 9.42. The maximum absolute atomic E-state index is 13.8. The number of halogens is 1. The Morgan fingerprint density at radius 1 is 1.21 bits per heavy atom. The van der Waals surface area contributed by atoms with Gasteiger partial charge < -0.3 is 10.1 Å². The minimum absolute atomic E-state index is 0.183. The van der Waals surface area contributed by atoms with Crippen LogP contribution in [-0.2, 0) is 11.3 Å². The number of benzene rings is 2. The van der Waals surface area contributed by atoms with Crippen LogP contribution in [0.15, 0.2) is 48.5 Å². The molecule has 1 aliphatic carbocycles. The first-order valence-electron chi connectivity index (χ1n) is 10.2. The van der Waals surface area contributed by atoms with Crippen molar-refractivity contribution in [2.24, 2.45) is 0 Å². The van der Waals surface area contributed by atoms with E-state index in [1.807, 2.05) is 18.2 Å². The van der Waals surface area contributed by atoms with E-state index in [9.17, 15) is 9.18 Å². The average molecular weight is 397 g/mol. The van der Waals surface area contributed by atoms with E-state index in [-0.39, 0.29) is 11.7 Å². The molecule has 0 spiro atoms. The lowest BCUT2D eigenvalue weighted by Crippen LogP contribution is -2.33. The SMILES string of the molecule is COc1ccc(/C=C/C(=O)Nc2ccccc2CN(C)C2CCCCC2)cc1F. The second-order valence-corrected chi connectivity index (χ2v) is 7.58. The molecule has 2 aromatic rings. The quantitative estimate of drug-likeness (QED) is 0.650. The first-order chi connectivity index (χ1) is 14.1. The Bertz CT molecular complexity index is 860. The first kappa shape index (κ1) is 21.1. The van der Waals surface area contributed by atoms with Crippen molar-refractivity contribution in [1.82, 2.24) is 4.90 Å². The van der Waals surface area contributed by atoms with Gasteiger partial charge in [-0.15, -0.1) is 0 Å². The van der Waals surface area contributed by atoms with Crippen LogP contribution in [0.2, 0.25) is 0 Å². The van der Waals surface area contributed by atoms with Crippen LogP contribution in [-0.4, -0.2) is 31.0 Å². The summed E-state index contributed by atoms with van der Waals surface area (Å²) in [5.41, 5.74) is 2.51. The Hall–Kier alpha value is -2.66. The predicted octanol–water partition coefficient (Wildman–Crippen LogP) is 5.25. The Kier molecular flexibility index (Phi) is 7.42. The highest BCUT2D eigenvalue weighted by Crippen LogP contribution is 2.25. The molecule has 5 heteroatoms. The van der Waals surface area contributed by atoms with Crippen molar-refractivity contribution >= 4 is 17.7 Å². The molecule has 0 aliphatic heterocycles. The fraction of sp³-hybridized carbons (Fsp3) is 0.375. The molecule has 1 fully saturated rings. The van der Waals surface area contributed by atoms with Crippen LogP contribution in [0.4, 0.5) is 10.1 Å². The Balaban J connectivity index is 1.63. The lowest BCUT2D eigenvalue weighted by molar-refractivity contribution is -0.111. The summed E-state index contributed by atoms with van der Waals surface area (Å²) in [5.74, 6) is -0.511.